The van der Waals surface area contributed by atoms with Crippen LogP contribution < -0.4 is 5.32 Å². The van der Waals surface area contributed by atoms with Gasteiger partial charge >= 0.3 is 0 Å². The summed E-state index contributed by atoms with van der Waals surface area (Å²) in [5.41, 5.74) is 1.12. The Morgan fingerprint density at radius 1 is 1.38 bits per heavy atom. The molecule has 2 saturated heterocycles. The number of nitrogens with one attached hydrogen (secondary N) is 1. The van der Waals surface area contributed by atoms with E-state index in [2.05, 4.69) is 17.1 Å². The molecule has 3 nitrogen and oxygen atoms in total. The summed E-state index contributed by atoms with van der Waals surface area (Å²) in [7, 11) is 0. The second-order valence-electron chi connectivity index (χ2n) is 6.15. The van der Waals surface area contributed by atoms with E-state index in [0.717, 1.165) is 31.7 Å². The first kappa shape index (κ1) is 14.9. The summed E-state index contributed by atoms with van der Waals surface area (Å²) in [6, 6.07) is 7.59. The highest BCUT2D eigenvalue weighted by molar-refractivity contribution is 5.21. The minimum absolute atomic E-state index is 0.145. The van der Waals surface area contributed by atoms with Crippen molar-refractivity contribution in [3.8, 4) is 0 Å². The zero-order valence-corrected chi connectivity index (χ0v) is 12.7. The molecule has 0 saturated carbocycles. The van der Waals surface area contributed by atoms with Gasteiger partial charge in [-0.25, -0.2) is 4.39 Å². The van der Waals surface area contributed by atoms with Crippen LogP contribution in [0.4, 0.5) is 4.39 Å². The van der Waals surface area contributed by atoms with Crippen molar-refractivity contribution in [3.05, 3.63) is 35.6 Å². The van der Waals surface area contributed by atoms with Gasteiger partial charge in [-0.1, -0.05) is 19.1 Å². The van der Waals surface area contributed by atoms with E-state index in [4.69, 9.17) is 4.74 Å². The summed E-state index contributed by atoms with van der Waals surface area (Å²) in [5.74, 6) is -0.183. The average molecular weight is 292 g/mol. The van der Waals surface area contributed by atoms with Gasteiger partial charge < -0.3 is 10.1 Å². The van der Waals surface area contributed by atoms with Crippen LogP contribution >= 0.6 is 0 Å². The van der Waals surface area contributed by atoms with Gasteiger partial charge in [-0.05, 0) is 50.0 Å². The highest BCUT2D eigenvalue weighted by atomic mass is 19.1. The van der Waals surface area contributed by atoms with Crippen LogP contribution in [0.5, 0.6) is 0 Å². The SMILES string of the molecule is CCCNC(c1ccc(F)cc1)C1CN2CCCC2CO1. The summed E-state index contributed by atoms with van der Waals surface area (Å²) in [4.78, 5) is 2.55. The lowest BCUT2D eigenvalue weighted by atomic mass is 9.99. The third-order valence-corrected chi connectivity index (χ3v) is 4.63. The fourth-order valence-corrected chi connectivity index (χ4v) is 3.48. The summed E-state index contributed by atoms with van der Waals surface area (Å²) in [6.45, 7) is 6.10. The number of hydrogen-bond donors (Lipinski definition) is 1. The number of fused-ring (bicyclic) bond motifs is 1. The first-order valence-electron chi connectivity index (χ1n) is 8.12. The zero-order valence-electron chi connectivity index (χ0n) is 12.7. The minimum atomic E-state index is -0.183. The topological polar surface area (TPSA) is 24.5 Å². The summed E-state index contributed by atoms with van der Waals surface area (Å²) in [6.07, 6.45) is 3.77. The first-order chi connectivity index (χ1) is 10.3. The maximum absolute atomic E-state index is 13.2. The van der Waals surface area contributed by atoms with E-state index in [0.29, 0.717) is 6.04 Å². The van der Waals surface area contributed by atoms with Crippen molar-refractivity contribution in [3.63, 3.8) is 0 Å². The normalized spacial score (nSPS) is 27.5. The number of halogens is 1. The van der Waals surface area contributed by atoms with Crippen molar-refractivity contribution in [2.45, 2.75) is 44.4 Å². The molecule has 1 N–H and O–H groups in total. The van der Waals surface area contributed by atoms with Crippen LogP contribution in [0.25, 0.3) is 0 Å². The molecule has 0 bridgehead atoms. The Kier molecular flexibility index (Phi) is 4.88. The molecule has 2 fully saturated rings. The van der Waals surface area contributed by atoms with Crippen LogP contribution in [-0.4, -0.2) is 43.3 Å². The van der Waals surface area contributed by atoms with Gasteiger partial charge in [-0.2, -0.15) is 0 Å². The molecule has 2 aliphatic rings. The molecule has 2 aliphatic heterocycles. The van der Waals surface area contributed by atoms with E-state index in [1.54, 1.807) is 0 Å². The Hall–Kier alpha value is -0.970. The lowest BCUT2D eigenvalue weighted by molar-refractivity contribution is -0.0652. The van der Waals surface area contributed by atoms with Crippen molar-refractivity contribution < 1.29 is 9.13 Å². The predicted octanol–water partition coefficient (Wildman–Crippen LogP) is 2.73. The highest BCUT2D eigenvalue weighted by Crippen LogP contribution is 2.29. The van der Waals surface area contributed by atoms with Crippen LogP contribution in [0.3, 0.4) is 0 Å². The molecule has 0 amide bonds. The first-order valence-corrected chi connectivity index (χ1v) is 8.12. The molecular formula is C17H25FN2O. The molecular weight excluding hydrogens is 267 g/mol. The Labute approximate surface area is 126 Å². The lowest BCUT2D eigenvalue weighted by Crippen LogP contribution is -2.50. The summed E-state index contributed by atoms with van der Waals surface area (Å²) < 4.78 is 19.3. The molecule has 3 atom stereocenters. The van der Waals surface area contributed by atoms with Gasteiger partial charge in [0.05, 0.1) is 18.8 Å². The monoisotopic (exact) mass is 292 g/mol. The van der Waals surface area contributed by atoms with Crippen LogP contribution in [0.2, 0.25) is 0 Å². The van der Waals surface area contributed by atoms with E-state index in [1.165, 1.54) is 31.5 Å². The highest BCUT2D eigenvalue weighted by Gasteiger charge is 2.36. The Morgan fingerprint density at radius 3 is 2.95 bits per heavy atom. The van der Waals surface area contributed by atoms with Crippen molar-refractivity contribution in [2.24, 2.45) is 0 Å². The quantitative estimate of drug-likeness (QED) is 0.903. The molecule has 21 heavy (non-hydrogen) atoms. The smallest absolute Gasteiger partial charge is 0.123 e. The molecule has 3 rings (SSSR count). The van der Waals surface area contributed by atoms with Gasteiger partial charge in [0.25, 0.3) is 0 Å². The standard InChI is InChI=1S/C17H25FN2O/c1-2-9-19-17(13-5-7-14(18)8-6-13)16-11-20-10-3-4-15(20)12-21-16/h5-8,15-17,19H,2-4,9-12H2,1H3. The van der Waals surface area contributed by atoms with Crippen LogP contribution in [-0.2, 0) is 4.74 Å². The van der Waals surface area contributed by atoms with E-state index in [9.17, 15) is 4.39 Å². The lowest BCUT2D eigenvalue weighted by Gasteiger charge is -2.39. The third kappa shape index (κ3) is 3.44. The Bertz CT molecular complexity index is 451. The van der Waals surface area contributed by atoms with Gasteiger partial charge in [0.2, 0.25) is 0 Å². The van der Waals surface area contributed by atoms with Crippen LogP contribution in [0.15, 0.2) is 24.3 Å². The molecule has 116 valence electrons. The van der Waals surface area contributed by atoms with Gasteiger partial charge in [0, 0.05) is 12.6 Å². The van der Waals surface area contributed by atoms with E-state index in [1.807, 2.05) is 12.1 Å². The number of morpholine rings is 1. The molecule has 0 radical (unpaired) electrons. The molecule has 4 heteroatoms. The zero-order chi connectivity index (χ0) is 14.7. The number of nitrogens with zero attached hydrogens (tertiary/aromatic N) is 1. The van der Waals surface area contributed by atoms with Gasteiger partial charge in [0.1, 0.15) is 5.82 Å². The molecule has 2 heterocycles. The van der Waals surface area contributed by atoms with E-state index < -0.39 is 0 Å². The molecule has 0 spiro atoms. The van der Waals surface area contributed by atoms with Crippen molar-refractivity contribution in [2.75, 3.05) is 26.2 Å². The number of hydrogen-bond acceptors (Lipinski definition) is 3. The molecule has 3 unspecified atom stereocenters. The van der Waals surface area contributed by atoms with Crippen molar-refractivity contribution in [1.82, 2.24) is 10.2 Å². The summed E-state index contributed by atoms with van der Waals surface area (Å²) >= 11 is 0. The number of benzene rings is 1. The van der Waals surface area contributed by atoms with Gasteiger partial charge in [-0.3, -0.25) is 4.90 Å². The molecule has 1 aromatic rings. The minimum Gasteiger partial charge on any atom is -0.373 e. The van der Waals surface area contributed by atoms with E-state index >= 15 is 0 Å². The summed E-state index contributed by atoms with van der Waals surface area (Å²) in [5, 5.41) is 3.58. The Balaban J connectivity index is 1.73. The second-order valence-corrected chi connectivity index (χ2v) is 6.15. The van der Waals surface area contributed by atoms with Crippen molar-refractivity contribution >= 4 is 0 Å². The largest absolute Gasteiger partial charge is 0.373 e. The van der Waals surface area contributed by atoms with E-state index in [-0.39, 0.29) is 18.0 Å². The van der Waals surface area contributed by atoms with Gasteiger partial charge in [0.15, 0.2) is 0 Å². The third-order valence-electron chi connectivity index (χ3n) is 4.63. The van der Waals surface area contributed by atoms with Crippen molar-refractivity contribution in [1.29, 1.82) is 0 Å². The number of rotatable bonds is 5. The van der Waals surface area contributed by atoms with Gasteiger partial charge in [-0.15, -0.1) is 0 Å². The average Bonchev–Trinajstić information content (AvgIpc) is 2.97. The molecule has 0 aromatic heterocycles. The second kappa shape index (κ2) is 6.86. The number of ether oxygens (including phenoxy) is 1. The predicted molar refractivity (Wildman–Crippen MR) is 81.8 cm³/mol. The molecule has 1 aromatic carbocycles. The fraction of sp³-hybridized carbons (Fsp3) is 0.647. The maximum Gasteiger partial charge on any atom is 0.123 e. The fourth-order valence-electron chi connectivity index (χ4n) is 3.48. The maximum atomic E-state index is 13.2. The van der Waals surface area contributed by atoms with Crippen LogP contribution in [0, 0.1) is 5.82 Å². The van der Waals surface area contributed by atoms with Crippen LogP contribution in [0.1, 0.15) is 37.8 Å². The Morgan fingerprint density at radius 2 is 2.19 bits per heavy atom. The molecule has 0 aliphatic carbocycles.